The van der Waals surface area contributed by atoms with Gasteiger partial charge in [-0.15, -0.1) is 0 Å². The maximum Gasteiger partial charge on any atom is 0.123 e. The van der Waals surface area contributed by atoms with E-state index in [0.717, 1.165) is 21.9 Å². The van der Waals surface area contributed by atoms with Gasteiger partial charge in [-0.1, -0.05) is 57.4 Å². The molecule has 0 N–H and O–H groups in total. The molecule has 18 heavy (non-hydrogen) atoms. The monoisotopic (exact) mass is 324 g/mol. The maximum atomic E-state index is 6.03. The molecule has 0 aliphatic rings. The highest BCUT2D eigenvalue weighted by Gasteiger charge is 2.15. The first-order chi connectivity index (χ1) is 8.61. The van der Waals surface area contributed by atoms with Crippen LogP contribution in [0, 0.1) is 6.92 Å². The van der Waals surface area contributed by atoms with Crippen molar-refractivity contribution in [2.45, 2.75) is 11.8 Å². The summed E-state index contributed by atoms with van der Waals surface area (Å²) in [6.07, 6.45) is 0. The minimum absolute atomic E-state index is 0.0750. The molecule has 0 bridgehead atoms. The van der Waals surface area contributed by atoms with Crippen LogP contribution in [0.1, 0.15) is 21.5 Å². The molecule has 0 fully saturated rings. The zero-order chi connectivity index (χ0) is 13.1. The summed E-state index contributed by atoms with van der Waals surface area (Å²) in [6.45, 7) is 2.07. The average molecular weight is 326 g/mol. The Morgan fingerprint density at radius 3 is 2.61 bits per heavy atom. The van der Waals surface area contributed by atoms with E-state index in [4.69, 9.17) is 16.3 Å². The van der Waals surface area contributed by atoms with Gasteiger partial charge in [0.15, 0.2) is 0 Å². The van der Waals surface area contributed by atoms with Crippen molar-refractivity contribution in [3.8, 4) is 5.75 Å². The quantitative estimate of drug-likeness (QED) is 0.710. The molecule has 0 saturated heterocycles. The Labute approximate surface area is 121 Å². The molecule has 0 heterocycles. The van der Waals surface area contributed by atoms with Crippen molar-refractivity contribution in [3.05, 3.63) is 64.2 Å². The average Bonchev–Trinajstić information content (AvgIpc) is 2.38. The number of benzene rings is 2. The fourth-order valence-corrected chi connectivity index (χ4v) is 2.74. The third-order valence-electron chi connectivity index (χ3n) is 2.80. The van der Waals surface area contributed by atoms with Crippen molar-refractivity contribution in [3.63, 3.8) is 0 Å². The lowest BCUT2D eigenvalue weighted by Crippen LogP contribution is -1.97. The molecule has 1 unspecified atom stereocenters. The van der Waals surface area contributed by atoms with Gasteiger partial charge in [0, 0.05) is 10.6 Å². The fraction of sp³-hybridized carbons (Fsp3) is 0.200. The number of ether oxygens (including phenoxy) is 1. The molecular weight excluding hydrogens is 312 g/mol. The molecule has 2 aromatic carbocycles. The normalized spacial score (nSPS) is 12.2. The summed E-state index contributed by atoms with van der Waals surface area (Å²) in [5, 5.41) is 0.739. The molecule has 1 atom stereocenters. The summed E-state index contributed by atoms with van der Waals surface area (Å²) in [5.41, 5.74) is 3.43. The third kappa shape index (κ3) is 2.88. The van der Waals surface area contributed by atoms with Crippen molar-refractivity contribution >= 4 is 27.5 Å². The van der Waals surface area contributed by atoms with E-state index < -0.39 is 0 Å². The number of aryl methyl sites for hydroxylation is 1. The Morgan fingerprint density at radius 1 is 1.17 bits per heavy atom. The van der Waals surface area contributed by atoms with Gasteiger partial charge in [0.05, 0.1) is 11.9 Å². The van der Waals surface area contributed by atoms with E-state index in [1.54, 1.807) is 7.11 Å². The van der Waals surface area contributed by atoms with E-state index in [2.05, 4.69) is 28.9 Å². The minimum Gasteiger partial charge on any atom is -0.496 e. The number of methoxy groups -OCH3 is 1. The summed E-state index contributed by atoms with van der Waals surface area (Å²) in [7, 11) is 1.69. The van der Waals surface area contributed by atoms with Crippen LogP contribution < -0.4 is 4.74 Å². The zero-order valence-electron chi connectivity index (χ0n) is 10.3. The number of hydrogen-bond acceptors (Lipinski definition) is 1. The van der Waals surface area contributed by atoms with Crippen molar-refractivity contribution in [1.82, 2.24) is 0 Å². The highest BCUT2D eigenvalue weighted by atomic mass is 79.9. The molecule has 0 spiro atoms. The lowest BCUT2D eigenvalue weighted by Gasteiger charge is -2.15. The van der Waals surface area contributed by atoms with Crippen LogP contribution in [0.15, 0.2) is 42.5 Å². The Hall–Kier alpha value is -0.990. The van der Waals surface area contributed by atoms with E-state index in [1.807, 2.05) is 36.4 Å². The van der Waals surface area contributed by atoms with Gasteiger partial charge in [-0.25, -0.2) is 0 Å². The standard InChI is InChI=1S/C15H14BrClO/c1-10-6-7-14(18-2)13(8-10)15(16)11-4-3-5-12(17)9-11/h3-9,15H,1-2H3. The molecule has 94 valence electrons. The molecule has 2 rings (SSSR count). The second kappa shape index (κ2) is 5.77. The molecular formula is C15H14BrClO. The predicted octanol–water partition coefficient (Wildman–Crippen LogP) is 5.14. The third-order valence-corrected chi connectivity index (χ3v) is 4.06. The molecule has 2 aromatic rings. The van der Waals surface area contributed by atoms with Crippen LogP contribution in [0.4, 0.5) is 0 Å². The largest absolute Gasteiger partial charge is 0.496 e. The molecule has 0 aliphatic heterocycles. The van der Waals surface area contributed by atoms with Crippen LogP contribution >= 0.6 is 27.5 Å². The van der Waals surface area contributed by atoms with Crippen LogP contribution in [-0.2, 0) is 0 Å². The van der Waals surface area contributed by atoms with Gasteiger partial charge >= 0.3 is 0 Å². The summed E-state index contributed by atoms with van der Waals surface area (Å²) in [4.78, 5) is 0.0750. The molecule has 0 amide bonds. The van der Waals surface area contributed by atoms with E-state index in [0.29, 0.717) is 0 Å². The highest BCUT2D eigenvalue weighted by molar-refractivity contribution is 9.09. The topological polar surface area (TPSA) is 9.23 Å². The van der Waals surface area contributed by atoms with E-state index in [-0.39, 0.29) is 4.83 Å². The number of alkyl halides is 1. The fourth-order valence-electron chi connectivity index (χ4n) is 1.90. The Balaban J connectivity index is 2.44. The Morgan fingerprint density at radius 2 is 1.94 bits per heavy atom. The number of rotatable bonds is 3. The SMILES string of the molecule is COc1ccc(C)cc1C(Br)c1cccc(Cl)c1. The van der Waals surface area contributed by atoms with Crippen molar-refractivity contribution < 1.29 is 4.74 Å². The van der Waals surface area contributed by atoms with E-state index in [1.165, 1.54) is 5.56 Å². The van der Waals surface area contributed by atoms with Crippen molar-refractivity contribution in [1.29, 1.82) is 0 Å². The second-order valence-electron chi connectivity index (χ2n) is 4.16. The second-order valence-corrected chi connectivity index (χ2v) is 5.52. The van der Waals surface area contributed by atoms with Gasteiger partial charge in [-0.2, -0.15) is 0 Å². The molecule has 0 radical (unpaired) electrons. The molecule has 3 heteroatoms. The van der Waals surface area contributed by atoms with Gasteiger partial charge in [0.25, 0.3) is 0 Å². The van der Waals surface area contributed by atoms with Crippen LogP contribution in [0.3, 0.4) is 0 Å². The summed E-state index contributed by atoms with van der Waals surface area (Å²) in [6, 6.07) is 14.0. The summed E-state index contributed by atoms with van der Waals surface area (Å²) < 4.78 is 5.41. The number of hydrogen-bond donors (Lipinski definition) is 0. The van der Waals surface area contributed by atoms with Gasteiger partial charge in [-0.3, -0.25) is 0 Å². The lowest BCUT2D eigenvalue weighted by molar-refractivity contribution is 0.410. The smallest absolute Gasteiger partial charge is 0.123 e. The molecule has 0 saturated carbocycles. The van der Waals surface area contributed by atoms with Gasteiger partial charge in [-0.05, 0) is 30.7 Å². The first-order valence-corrected chi connectivity index (χ1v) is 6.95. The van der Waals surface area contributed by atoms with Crippen LogP contribution in [-0.4, -0.2) is 7.11 Å². The van der Waals surface area contributed by atoms with Gasteiger partial charge in [0.2, 0.25) is 0 Å². The van der Waals surface area contributed by atoms with Crippen LogP contribution in [0.25, 0.3) is 0 Å². The minimum atomic E-state index is 0.0750. The predicted molar refractivity (Wildman–Crippen MR) is 80.0 cm³/mol. The Bertz CT molecular complexity index is 554. The van der Waals surface area contributed by atoms with Crippen LogP contribution in [0.2, 0.25) is 5.02 Å². The van der Waals surface area contributed by atoms with E-state index >= 15 is 0 Å². The van der Waals surface area contributed by atoms with E-state index in [9.17, 15) is 0 Å². The first-order valence-electron chi connectivity index (χ1n) is 5.66. The maximum absolute atomic E-state index is 6.03. The Kier molecular flexibility index (Phi) is 4.31. The molecule has 0 aromatic heterocycles. The number of halogens is 2. The summed E-state index contributed by atoms with van der Waals surface area (Å²) in [5.74, 6) is 0.877. The van der Waals surface area contributed by atoms with Gasteiger partial charge in [0.1, 0.15) is 5.75 Å². The molecule has 1 nitrogen and oxygen atoms in total. The van der Waals surface area contributed by atoms with Gasteiger partial charge < -0.3 is 4.74 Å². The lowest BCUT2D eigenvalue weighted by atomic mass is 10.0. The molecule has 0 aliphatic carbocycles. The van der Waals surface area contributed by atoms with Crippen molar-refractivity contribution in [2.75, 3.05) is 7.11 Å². The summed E-state index contributed by atoms with van der Waals surface area (Å²) >= 11 is 9.74. The highest BCUT2D eigenvalue weighted by Crippen LogP contribution is 2.37. The first kappa shape index (κ1) is 13.4. The van der Waals surface area contributed by atoms with Crippen molar-refractivity contribution in [2.24, 2.45) is 0 Å². The zero-order valence-corrected chi connectivity index (χ0v) is 12.6. The van der Waals surface area contributed by atoms with Crippen LogP contribution in [0.5, 0.6) is 5.75 Å².